The lowest BCUT2D eigenvalue weighted by atomic mass is 9.47. The Morgan fingerprint density at radius 1 is 0.952 bits per heavy atom. The van der Waals surface area contributed by atoms with Crippen LogP contribution in [0, 0.1) is 28.6 Å². The summed E-state index contributed by atoms with van der Waals surface area (Å²) in [6.07, 6.45) is 0.223. The van der Waals surface area contributed by atoms with Crippen molar-refractivity contribution in [3.63, 3.8) is 0 Å². The van der Waals surface area contributed by atoms with Gasteiger partial charge >= 0.3 is 18.1 Å². The van der Waals surface area contributed by atoms with Crippen molar-refractivity contribution in [3.8, 4) is 5.75 Å². The van der Waals surface area contributed by atoms with Crippen molar-refractivity contribution < 1.29 is 42.1 Å². The Kier molecular flexibility index (Phi) is 9.91. The molecule has 6 unspecified atom stereocenters. The summed E-state index contributed by atoms with van der Waals surface area (Å²) in [4.78, 5) is 13.4. The van der Waals surface area contributed by atoms with Crippen LogP contribution in [-0.4, -0.2) is 39.5 Å². The molecule has 0 aromatic heterocycles. The minimum Gasteiger partial charge on any atom is -0.508 e. The molecule has 238 valence electrons. The van der Waals surface area contributed by atoms with E-state index in [0.717, 1.165) is 62.5 Å². The second-order valence-electron chi connectivity index (χ2n) is 13.7. The number of phenols is 1. The molecule has 9 heteroatoms. The van der Waals surface area contributed by atoms with Crippen LogP contribution in [0.3, 0.4) is 0 Å². The number of unbranched alkanes of at least 4 members (excludes halogenated alkanes) is 5. The number of carboxylic acids is 1. The maximum absolute atomic E-state index is 14.0. The normalized spacial score (nSPS) is 30.7. The zero-order valence-electron chi connectivity index (χ0n) is 24.9. The van der Waals surface area contributed by atoms with Crippen molar-refractivity contribution in [2.75, 3.05) is 0 Å². The van der Waals surface area contributed by atoms with Crippen LogP contribution < -0.4 is 0 Å². The molecule has 2 fully saturated rings. The SMILES string of the molecule is CCCCCCCCC(CCCC(F)(F)C(F)(F)F)(C(=O)O)C1Cc2cc(O)ccc2C2CC[C@]3(C)C(O)CCC3C21. The van der Waals surface area contributed by atoms with Gasteiger partial charge in [0.15, 0.2) is 0 Å². The van der Waals surface area contributed by atoms with E-state index in [0.29, 0.717) is 19.3 Å². The van der Waals surface area contributed by atoms with Gasteiger partial charge in [0.05, 0.1) is 11.5 Å². The van der Waals surface area contributed by atoms with E-state index in [-0.39, 0.29) is 36.3 Å². The molecule has 0 spiro atoms. The van der Waals surface area contributed by atoms with E-state index in [1.165, 1.54) is 0 Å². The lowest BCUT2D eigenvalue weighted by Crippen LogP contribution is -2.53. The molecule has 4 nitrogen and oxygen atoms in total. The summed E-state index contributed by atoms with van der Waals surface area (Å²) in [6, 6.07) is 5.19. The molecule has 0 radical (unpaired) electrons. The molecule has 0 heterocycles. The van der Waals surface area contributed by atoms with Gasteiger partial charge in [-0.2, -0.15) is 22.0 Å². The maximum Gasteiger partial charge on any atom is 0.453 e. The maximum atomic E-state index is 14.0. The van der Waals surface area contributed by atoms with E-state index in [9.17, 15) is 42.1 Å². The van der Waals surface area contributed by atoms with Gasteiger partial charge in [0.2, 0.25) is 0 Å². The first-order chi connectivity index (χ1) is 19.7. The Morgan fingerprint density at radius 3 is 2.29 bits per heavy atom. The molecule has 7 atom stereocenters. The van der Waals surface area contributed by atoms with Crippen LogP contribution >= 0.6 is 0 Å². The first-order valence-electron chi connectivity index (χ1n) is 15.9. The molecule has 1 aromatic rings. The molecule has 0 bridgehead atoms. The number of halogens is 5. The van der Waals surface area contributed by atoms with Gasteiger partial charge in [-0.1, -0.05) is 58.4 Å². The average Bonchev–Trinajstić information content (AvgIpc) is 3.22. The molecule has 4 rings (SSSR count). The molecule has 0 aliphatic heterocycles. The van der Waals surface area contributed by atoms with Crippen LogP contribution in [0.4, 0.5) is 22.0 Å². The van der Waals surface area contributed by atoms with Crippen molar-refractivity contribution in [2.24, 2.45) is 28.6 Å². The van der Waals surface area contributed by atoms with Crippen LogP contribution in [0.1, 0.15) is 121 Å². The number of aromatic hydroxyl groups is 1. The Hall–Kier alpha value is -1.90. The molecule has 1 aromatic carbocycles. The summed E-state index contributed by atoms with van der Waals surface area (Å²) < 4.78 is 67.2. The molecular weight excluding hydrogens is 555 g/mol. The largest absolute Gasteiger partial charge is 0.508 e. The monoisotopic (exact) mass is 602 g/mol. The van der Waals surface area contributed by atoms with Gasteiger partial charge in [-0.3, -0.25) is 4.79 Å². The van der Waals surface area contributed by atoms with Gasteiger partial charge in [0, 0.05) is 6.42 Å². The fourth-order valence-corrected chi connectivity index (χ4v) is 9.02. The van der Waals surface area contributed by atoms with Crippen LogP contribution in [0.15, 0.2) is 18.2 Å². The second-order valence-corrected chi connectivity index (χ2v) is 13.7. The summed E-state index contributed by atoms with van der Waals surface area (Å²) >= 11 is 0. The number of carboxylic acid groups (broad SMARTS) is 1. The van der Waals surface area contributed by atoms with Crippen LogP contribution in [0.25, 0.3) is 0 Å². The van der Waals surface area contributed by atoms with Gasteiger partial charge < -0.3 is 15.3 Å². The Morgan fingerprint density at radius 2 is 1.62 bits per heavy atom. The van der Waals surface area contributed by atoms with E-state index in [2.05, 4.69) is 13.8 Å². The highest BCUT2D eigenvalue weighted by Gasteiger charge is 2.62. The fourth-order valence-electron chi connectivity index (χ4n) is 9.02. The third kappa shape index (κ3) is 6.18. The number of aliphatic hydroxyl groups excluding tert-OH is 1. The van der Waals surface area contributed by atoms with Crippen LogP contribution in [0.2, 0.25) is 0 Å². The van der Waals surface area contributed by atoms with E-state index in [1.54, 1.807) is 12.1 Å². The fraction of sp³-hybridized carbons (Fsp3) is 0.788. The quantitative estimate of drug-likeness (QED) is 0.156. The smallest absolute Gasteiger partial charge is 0.453 e. The summed E-state index contributed by atoms with van der Waals surface area (Å²) in [6.45, 7) is 4.16. The number of aliphatic hydroxyl groups is 1. The van der Waals surface area contributed by atoms with Crippen LogP contribution in [-0.2, 0) is 11.2 Å². The number of rotatable bonds is 13. The predicted octanol–water partition coefficient (Wildman–Crippen LogP) is 9.02. The molecule has 3 aliphatic carbocycles. The Labute approximate surface area is 246 Å². The summed E-state index contributed by atoms with van der Waals surface area (Å²) in [5.74, 6) is -6.64. The number of alkyl halides is 5. The first kappa shape index (κ1) is 33.0. The molecule has 3 aliphatic rings. The third-order valence-corrected chi connectivity index (χ3v) is 11.4. The van der Waals surface area contributed by atoms with E-state index >= 15 is 0 Å². The Balaban J connectivity index is 1.74. The number of carbonyl (C=O) groups is 1. The van der Waals surface area contributed by atoms with E-state index in [4.69, 9.17) is 0 Å². The number of fused-ring (bicyclic) bond motifs is 5. The average molecular weight is 603 g/mol. The highest BCUT2D eigenvalue weighted by Crippen LogP contribution is 2.65. The van der Waals surface area contributed by atoms with E-state index < -0.39 is 53.8 Å². The predicted molar refractivity (Wildman–Crippen MR) is 151 cm³/mol. The number of benzene rings is 1. The standard InChI is InChI=1S/C33H47F5O4/c1-3-4-5-6-7-8-15-31(29(41)42,16-9-17-32(34,35)33(36,37)38)26-20-21-19-22(39)10-11-23(21)24-14-18-30(2)25(28(24)26)12-13-27(30)40/h10-11,19,24-28,39-40H,3-9,12-18,20H2,1-2H3,(H,41,42)/t24?,25?,26?,27?,28?,30-,31?/m0/s1. The molecule has 42 heavy (non-hydrogen) atoms. The van der Waals surface area contributed by atoms with Crippen LogP contribution in [0.5, 0.6) is 5.75 Å². The lowest BCUT2D eigenvalue weighted by Gasteiger charge is -2.56. The number of aliphatic carboxylic acids is 1. The van der Waals surface area contributed by atoms with Crippen molar-refractivity contribution in [1.29, 1.82) is 0 Å². The highest BCUT2D eigenvalue weighted by molar-refractivity contribution is 5.75. The van der Waals surface area contributed by atoms with Crippen molar-refractivity contribution in [2.45, 2.75) is 134 Å². The molecule has 2 saturated carbocycles. The topological polar surface area (TPSA) is 77.8 Å². The Bertz CT molecular complexity index is 1090. The zero-order chi connectivity index (χ0) is 30.9. The van der Waals surface area contributed by atoms with Crippen molar-refractivity contribution in [1.82, 2.24) is 0 Å². The molecular formula is C33H47F5O4. The first-order valence-corrected chi connectivity index (χ1v) is 15.9. The third-order valence-electron chi connectivity index (χ3n) is 11.4. The van der Waals surface area contributed by atoms with Crippen molar-refractivity contribution in [3.05, 3.63) is 29.3 Å². The minimum absolute atomic E-state index is 0.0121. The zero-order valence-corrected chi connectivity index (χ0v) is 24.9. The summed E-state index contributed by atoms with van der Waals surface area (Å²) in [5.41, 5.74) is -0.0104. The van der Waals surface area contributed by atoms with Gasteiger partial charge in [0.1, 0.15) is 5.75 Å². The molecule has 0 amide bonds. The summed E-state index contributed by atoms with van der Waals surface area (Å²) in [5, 5.41) is 32.3. The minimum atomic E-state index is -5.68. The number of hydrogen-bond acceptors (Lipinski definition) is 3. The van der Waals surface area contributed by atoms with Gasteiger partial charge in [-0.25, -0.2) is 0 Å². The van der Waals surface area contributed by atoms with E-state index in [1.807, 2.05) is 6.07 Å². The number of hydrogen-bond donors (Lipinski definition) is 3. The van der Waals surface area contributed by atoms with Gasteiger partial charge in [-0.05, 0) is 104 Å². The molecule has 3 N–H and O–H groups in total. The van der Waals surface area contributed by atoms with Gasteiger partial charge in [-0.15, -0.1) is 0 Å². The summed E-state index contributed by atoms with van der Waals surface area (Å²) in [7, 11) is 0. The second kappa shape index (κ2) is 12.6. The lowest BCUT2D eigenvalue weighted by molar-refractivity contribution is -0.285. The highest BCUT2D eigenvalue weighted by atomic mass is 19.4. The van der Waals surface area contributed by atoms with Gasteiger partial charge in [0.25, 0.3) is 0 Å². The number of phenolic OH excluding ortho intramolecular Hbond substituents is 1. The van der Waals surface area contributed by atoms with Crippen molar-refractivity contribution >= 4 is 5.97 Å². The molecule has 0 saturated heterocycles.